The zero-order valence-electron chi connectivity index (χ0n) is 13.1. The van der Waals surface area contributed by atoms with Gasteiger partial charge >= 0.3 is 0 Å². The lowest BCUT2D eigenvalue weighted by atomic mass is 10.2. The summed E-state index contributed by atoms with van der Waals surface area (Å²) in [6.45, 7) is 1.97. The Bertz CT molecular complexity index is 899. The molecule has 0 unspecified atom stereocenters. The van der Waals surface area contributed by atoms with Crippen molar-refractivity contribution in [2.45, 2.75) is 12.1 Å². The predicted molar refractivity (Wildman–Crippen MR) is 97.9 cm³/mol. The number of aryl methyl sites for hydroxylation is 1. The molecule has 1 aromatic heterocycles. The van der Waals surface area contributed by atoms with Crippen LogP contribution in [0.1, 0.15) is 5.56 Å². The van der Waals surface area contributed by atoms with Gasteiger partial charge in [0.05, 0.1) is 5.75 Å². The van der Waals surface area contributed by atoms with Crippen LogP contribution < -0.4 is 5.32 Å². The van der Waals surface area contributed by atoms with E-state index in [4.69, 9.17) is 4.42 Å². The van der Waals surface area contributed by atoms with E-state index in [2.05, 4.69) is 31.4 Å². The van der Waals surface area contributed by atoms with Gasteiger partial charge in [-0.3, -0.25) is 4.79 Å². The summed E-state index contributed by atoms with van der Waals surface area (Å²) in [5, 5.41) is 10.9. The van der Waals surface area contributed by atoms with Crippen molar-refractivity contribution in [1.29, 1.82) is 0 Å². The minimum Gasteiger partial charge on any atom is -0.411 e. The van der Waals surface area contributed by atoms with E-state index in [1.165, 1.54) is 12.1 Å². The van der Waals surface area contributed by atoms with Crippen molar-refractivity contribution in [3.8, 4) is 11.5 Å². The largest absolute Gasteiger partial charge is 0.411 e. The normalized spacial score (nSPS) is 10.7. The van der Waals surface area contributed by atoms with Gasteiger partial charge < -0.3 is 9.73 Å². The van der Waals surface area contributed by atoms with Crippen LogP contribution >= 0.6 is 27.7 Å². The first-order valence-corrected chi connectivity index (χ1v) is 9.07. The van der Waals surface area contributed by atoms with Crippen molar-refractivity contribution in [3.63, 3.8) is 0 Å². The molecule has 0 aliphatic carbocycles. The summed E-state index contributed by atoms with van der Waals surface area (Å²) >= 11 is 4.56. The molecule has 0 spiro atoms. The average Bonchev–Trinajstić information content (AvgIpc) is 3.06. The lowest BCUT2D eigenvalue weighted by Gasteiger charge is -2.06. The SMILES string of the molecule is Cc1ccc(NC(=O)CSc2nnc(-c3ccc(F)cc3)o2)cc1Br. The number of carbonyl (C=O) groups is 1. The fourth-order valence-corrected chi connectivity index (χ4v) is 2.91. The maximum atomic E-state index is 12.9. The van der Waals surface area contributed by atoms with Crippen molar-refractivity contribution in [3.05, 3.63) is 58.3 Å². The Hall–Kier alpha value is -2.19. The topological polar surface area (TPSA) is 68.0 Å². The van der Waals surface area contributed by atoms with Crippen LogP contribution in [0.15, 0.2) is 56.6 Å². The van der Waals surface area contributed by atoms with Gasteiger partial charge in [-0.05, 0) is 48.9 Å². The maximum absolute atomic E-state index is 12.9. The number of aromatic nitrogens is 2. The number of hydrogen-bond donors (Lipinski definition) is 1. The fraction of sp³-hybridized carbons (Fsp3) is 0.118. The monoisotopic (exact) mass is 421 g/mol. The molecule has 5 nitrogen and oxygen atoms in total. The van der Waals surface area contributed by atoms with Crippen LogP contribution in [0.2, 0.25) is 0 Å². The Balaban J connectivity index is 1.57. The van der Waals surface area contributed by atoms with Crippen LogP contribution in [0.5, 0.6) is 0 Å². The molecule has 0 atom stereocenters. The summed E-state index contributed by atoms with van der Waals surface area (Å²) in [5.41, 5.74) is 2.42. The van der Waals surface area contributed by atoms with Gasteiger partial charge in [0.25, 0.3) is 5.22 Å². The Kier molecular flexibility index (Phi) is 5.50. The number of nitrogens with one attached hydrogen (secondary N) is 1. The maximum Gasteiger partial charge on any atom is 0.277 e. The van der Waals surface area contributed by atoms with Crippen molar-refractivity contribution >= 4 is 39.3 Å². The van der Waals surface area contributed by atoms with Gasteiger partial charge in [0.2, 0.25) is 11.8 Å². The van der Waals surface area contributed by atoms with E-state index in [1.807, 2.05) is 25.1 Å². The molecule has 128 valence electrons. The van der Waals surface area contributed by atoms with Crippen LogP contribution in [0.25, 0.3) is 11.5 Å². The molecule has 1 amide bonds. The summed E-state index contributed by atoms with van der Waals surface area (Å²) in [6, 6.07) is 11.3. The third-order valence-electron chi connectivity index (χ3n) is 3.28. The lowest BCUT2D eigenvalue weighted by molar-refractivity contribution is -0.113. The van der Waals surface area contributed by atoms with Gasteiger partial charge in [-0.2, -0.15) is 0 Å². The minimum absolute atomic E-state index is 0.135. The third kappa shape index (κ3) is 4.67. The summed E-state index contributed by atoms with van der Waals surface area (Å²) in [5.74, 6) is -0.0961. The molecular formula is C17H13BrFN3O2S. The first-order chi connectivity index (χ1) is 12.0. The van der Waals surface area contributed by atoms with E-state index < -0.39 is 0 Å². The summed E-state index contributed by atoms with van der Waals surface area (Å²) < 4.78 is 19.3. The quantitative estimate of drug-likeness (QED) is 0.605. The molecule has 0 radical (unpaired) electrons. The molecule has 3 aromatic rings. The molecule has 0 saturated heterocycles. The molecule has 3 rings (SSSR count). The second kappa shape index (κ2) is 7.79. The van der Waals surface area contributed by atoms with E-state index in [-0.39, 0.29) is 28.6 Å². The van der Waals surface area contributed by atoms with Gasteiger partial charge in [-0.25, -0.2) is 4.39 Å². The van der Waals surface area contributed by atoms with E-state index in [0.29, 0.717) is 11.3 Å². The van der Waals surface area contributed by atoms with Crippen molar-refractivity contribution in [1.82, 2.24) is 10.2 Å². The summed E-state index contributed by atoms with van der Waals surface area (Å²) in [7, 11) is 0. The van der Waals surface area contributed by atoms with Gasteiger partial charge in [-0.1, -0.05) is 33.8 Å². The highest BCUT2D eigenvalue weighted by Crippen LogP contribution is 2.24. The highest BCUT2D eigenvalue weighted by atomic mass is 79.9. The van der Waals surface area contributed by atoms with Gasteiger partial charge in [0.15, 0.2) is 0 Å². The Morgan fingerprint density at radius 1 is 1.24 bits per heavy atom. The Morgan fingerprint density at radius 2 is 2.00 bits per heavy atom. The first kappa shape index (κ1) is 17.6. The summed E-state index contributed by atoms with van der Waals surface area (Å²) in [4.78, 5) is 12.0. The van der Waals surface area contributed by atoms with Crippen LogP contribution in [-0.2, 0) is 4.79 Å². The van der Waals surface area contributed by atoms with Crippen molar-refractivity contribution in [2.75, 3.05) is 11.1 Å². The molecule has 8 heteroatoms. The smallest absolute Gasteiger partial charge is 0.277 e. The minimum atomic E-state index is -0.336. The number of halogens is 2. The Morgan fingerprint density at radius 3 is 2.72 bits per heavy atom. The number of rotatable bonds is 5. The molecule has 25 heavy (non-hydrogen) atoms. The molecule has 0 aliphatic rings. The number of hydrogen-bond acceptors (Lipinski definition) is 5. The number of amides is 1. The molecule has 0 aliphatic heterocycles. The average molecular weight is 422 g/mol. The molecule has 2 aromatic carbocycles. The zero-order chi connectivity index (χ0) is 17.8. The first-order valence-electron chi connectivity index (χ1n) is 7.29. The highest BCUT2D eigenvalue weighted by molar-refractivity contribution is 9.10. The zero-order valence-corrected chi connectivity index (χ0v) is 15.5. The second-order valence-corrected chi connectivity index (χ2v) is 6.96. The number of nitrogens with zero attached hydrogens (tertiary/aromatic N) is 2. The van der Waals surface area contributed by atoms with E-state index >= 15 is 0 Å². The number of carbonyl (C=O) groups excluding carboxylic acids is 1. The van der Waals surface area contributed by atoms with Crippen LogP contribution in [0, 0.1) is 12.7 Å². The van der Waals surface area contributed by atoms with Crippen molar-refractivity contribution in [2.24, 2.45) is 0 Å². The molecule has 0 bridgehead atoms. The second-order valence-electron chi connectivity index (χ2n) is 5.18. The van der Waals surface area contributed by atoms with E-state index in [1.54, 1.807) is 12.1 Å². The van der Waals surface area contributed by atoms with Gasteiger partial charge in [0, 0.05) is 15.7 Å². The van der Waals surface area contributed by atoms with Gasteiger partial charge in [0.1, 0.15) is 5.82 Å². The Labute approximate surface area is 156 Å². The van der Waals surface area contributed by atoms with Crippen LogP contribution in [-0.4, -0.2) is 21.9 Å². The molecule has 1 N–H and O–H groups in total. The molecule has 0 fully saturated rings. The lowest BCUT2D eigenvalue weighted by Crippen LogP contribution is -2.14. The summed E-state index contributed by atoms with van der Waals surface area (Å²) in [6.07, 6.45) is 0. The highest BCUT2D eigenvalue weighted by Gasteiger charge is 2.12. The standard InChI is InChI=1S/C17H13BrFN3O2S/c1-10-2-7-13(8-14(10)18)20-15(23)9-25-17-22-21-16(24-17)11-3-5-12(19)6-4-11/h2-8H,9H2,1H3,(H,20,23). The van der Waals surface area contributed by atoms with Gasteiger partial charge in [-0.15, -0.1) is 10.2 Å². The van der Waals surface area contributed by atoms with E-state index in [9.17, 15) is 9.18 Å². The van der Waals surface area contributed by atoms with E-state index in [0.717, 1.165) is 21.8 Å². The number of anilines is 1. The number of benzene rings is 2. The van der Waals surface area contributed by atoms with Crippen LogP contribution in [0.3, 0.4) is 0 Å². The molecular weight excluding hydrogens is 409 g/mol. The van der Waals surface area contributed by atoms with Crippen LogP contribution in [0.4, 0.5) is 10.1 Å². The molecule has 1 heterocycles. The third-order valence-corrected chi connectivity index (χ3v) is 4.95. The fourth-order valence-electron chi connectivity index (χ4n) is 1.97. The predicted octanol–water partition coefficient (Wildman–Crippen LogP) is 4.68. The molecule has 0 saturated carbocycles. The van der Waals surface area contributed by atoms with Crippen molar-refractivity contribution < 1.29 is 13.6 Å². The number of thioether (sulfide) groups is 1.